The number of carbonyl (C=O) groups is 1. The number of rotatable bonds is 5. The maximum Gasteiger partial charge on any atom is 0.251 e. The molecule has 122 valence electrons. The zero-order valence-electron chi connectivity index (χ0n) is 13.9. The van der Waals surface area contributed by atoms with Crippen molar-refractivity contribution in [3.63, 3.8) is 0 Å². The molecule has 0 aliphatic carbocycles. The number of nitrogens with one attached hydrogen (secondary N) is 1. The zero-order chi connectivity index (χ0) is 16.9. The second kappa shape index (κ2) is 7.13. The average Bonchev–Trinajstić information content (AvgIpc) is 3.09. The van der Waals surface area contributed by atoms with E-state index in [9.17, 15) is 4.79 Å². The Labute approximate surface area is 142 Å². The molecule has 4 nitrogen and oxygen atoms in total. The molecular formula is C20H21N3O. The van der Waals surface area contributed by atoms with Crippen molar-refractivity contribution in [1.82, 2.24) is 14.9 Å². The summed E-state index contributed by atoms with van der Waals surface area (Å²) in [6.45, 7) is 2.85. The van der Waals surface area contributed by atoms with E-state index in [1.807, 2.05) is 54.9 Å². The molecule has 3 aromatic rings. The van der Waals surface area contributed by atoms with Crippen molar-refractivity contribution in [1.29, 1.82) is 0 Å². The van der Waals surface area contributed by atoms with E-state index in [4.69, 9.17) is 0 Å². The lowest BCUT2D eigenvalue weighted by atomic mass is 10.0. The first-order valence-corrected chi connectivity index (χ1v) is 8.06. The van der Waals surface area contributed by atoms with Gasteiger partial charge in [0.05, 0.1) is 0 Å². The number of carbonyl (C=O) groups excluding carboxylic acids is 1. The van der Waals surface area contributed by atoms with Crippen LogP contribution in [0.4, 0.5) is 0 Å². The topological polar surface area (TPSA) is 46.9 Å². The Bertz CT molecular complexity index is 824. The summed E-state index contributed by atoms with van der Waals surface area (Å²) >= 11 is 0. The fourth-order valence-corrected chi connectivity index (χ4v) is 2.88. The van der Waals surface area contributed by atoms with Crippen molar-refractivity contribution in [3.05, 3.63) is 89.5 Å². The molecule has 4 heteroatoms. The van der Waals surface area contributed by atoms with Gasteiger partial charge in [-0.05, 0) is 23.3 Å². The van der Waals surface area contributed by atoms with E-state index < -0.39 is 0 Å². The van der Waals surface area contributed by atoms with E-state index >= 15 is 0 Å². The van der Waals surface area contributed by atoms with Crippen LogP contribution in [0.3, 0.4) is 0 Å². The van der Waals surface area contributed by atoms with Gasteiger partial charge in [0.2, 0.25) is 0 Å². The number of benzene rings is 2. The van der Waals surface area contributed by atoms with E-state index in [0.717, 1.165) is 11.4 Å². The molecule has 0 saturated carbocycles. The third kappa shape index (κ3) is 3.38. The first-order valence-electron chi connectivity index (χ1n) is 8.06. The van der Waals surface area contributed by atoms with Gasteiger partial charge < -0.3 is 9.88 Å². The Kier molecular flexibility index (Phi) is 4.75. The fraction of sp³-hybridized carbons (Fsp3) is 0.200. The summed E-state index contributed by atoms with van der Waals surface area (Å²) in [7, 11) is 1.64. The quantitative estimate of drug-likeness (QED) is 0.783. The fourth-order valence-electron chi connectivity index (χ4n) is 2.88. The highest BCUT2D eigenvalue weighted by atomic mass is 16.1. The van der Waals surface area contributed by atoms with Crippen LogP contribution in [0.1, 0.15) is 40.2 Å². The normalized spacial score (nSPS) is 11.9. The van der Waals surface area contributed by atoms with Crippen molar-refractivity contribution in [2.45, 2.75) is 19.4 Å². The number of hydrogen-bond donors (Lipinski definition) is 1. The Morgan fingerprint density at radius 2 is 1.96 bits per heavy atom. The van der Waals surface area contributed by atoms with E-state index in [-0.39, 0.29) is 11.8 Å². The van der Waals surface area contributed by atoms with E-state index in [1.54, 1.807) is 7.05 Å². The summed E-state index contributed by atoms with van der Waals surface area (Å²) in [6, 6.07) is 18.1. The molecule has 24 heavy (non-hydrogen) atoms. The minimum atomic E-state index is -0.0691. The molecule has 0 unspecified atom stereocenters. The van der Waals surface area contributed by atoms with Crippen LogP contribution >= 0.6 is 0 Å². The van der Waals surface area contributed by atoms with Gasteiger partial charge in [0.15, 0.2) is 0 Å². The molecule has 2 aromatic carbocycles. The molecule has 1 aromatic heterocycles. The summed E-state index contributed by atoms with van der Waals surface area (Å²) in [4.78, 5) is 16.3. The molecule has 3 rings (SSSR count). The third-order valence-electron chi connectivity index (χ3n) is 4.20. The lowest BCUT2D eigenvalue weighted by Gasteiger charge is -2.15. The molecule has 0 aliphatic rings. The zero-order valence-corrected chi connectivity index (χ0v) is 13.9. The Hall–Kier alpha value is -2.88. The lowest BCUT2D eigenvalue weighted by Crippen LogP contribution is -2.18. The maximum absolute atomic E-state index is 11.8. The first-order chi connectivity index (χ1) is 11.7. The summed E-state index contributed by atoms with van der Waals surface area (Å²) in [5.41, 5.74) is 2.99. The summed E-state index contributed by atoms with van der Waals surface area (Å²) in [5, 5.41) is 2.66. The van der Waals surface area contributed by atoms with Gasteiger partial charge in [-0.2, -0.15) is 0 Å². The smallest absolute Gasteiger partial charge is 0.251 e. The van der Waals surface area contributed by atoms with Crippen molar-refractivity contribution < 1.29 is 4.79 Å². The lowest BCUT2D eigenvalue weighted by molar-refractivity contribution is 0.0963. The highest BCUT2D eigenvalue weighted by molar-refractivity contribution is 5.94. The number of nitrogens with zero attached hydrogens (tertiary/aromatic N) is 2. The minimum Gasteiger partial charge on any atom is -0.355 e. The van der Waals surface area contributed by atoms with Crippen LogP contribution in [0.15, 0.2) is 67.0 Å². The Balaban J connectivity index is 1.85. The molecular weight excluding hydrogens is 298 g/mol. The molecule has 1 N–H and O–H groups in total. The number of aromatic nitrogens is 2. The van der Waals surface area contributed by atoms with Gasteiger partial charge in [0.1, 0.15) is 5.82 Å². The molecule has 0 aliphatic heterocycles. The van der Waals surface area contributed by atoms with Crippen LogP contribution in [-0.2, 0) is 6.54 Å². The predicted molar refractivity (Wildman–Crippen MR) is 95.1 cm³/mol. The second-order valence-corrected chi connectivity index (χ2v) is 5.83. The van der Waals surface area contributed by atoms with Gasteiger partial charge >= 0.3 is 0 Å². The highest BCUT2D eigenvalue weighted by Gasteiger charge is 2.14. The van der Waals surface area contributed by atoms with E-state index in [1.165, 1.54) is 5.56 Å². The Morgan fingerprint density at radius 1 is 1.17 bits per heavy atom. The highest BCUT2D eigenvalue weighted by Crippen LogP contribution is 2.23. The average molecular weight is 319 g/mol. The van der Waals surface area contributed by atoms with Gasteiger partial charge in [-0.25, -0.2) is 4.98 Å². The largest absolute Gasteiger partial charge is 0.355 e. The summed E-state index contributed by atoms with van der Waals surface area (Å²) in [5.74, 6) is 1.16. The number of hydrogen-bond acceptors (Lipinski definition) is 2. The standard InChI is InChI=1S/C20H21N3O/c1-15(17-8-4-3-5-9-17)19-22-11-12-23(19)14-16-7-6-10-18(13-16)20(24)21-2/h3-13,15H,14H2,1-2H3,(H,21,24)/t15-/m1/s1. The van der Waals surface area contributed by atoms with Crippen molar-refractivity contribution in [2.75, 3.05) is 7.05 Å². The van der Waals surface area contributed by atoms with Crippen LogP contribution < -0.4 is 5.32 Å². The summed E-state index contributed by atoms with van der Waals surface area (Å²) < 4.78 is 2.14. The molecule has 0 saturated heterocycles. The molecule has 1 amide bonds. The van der Waals surface area contributed by atoms with Gasteiger partial charge in [0.25, 0.3) is 5.91 Å². The van der Waals surface area contributed by atoms with Crippen LogP contribution in [0.5, 0.6) is 0 Å². The minimum absolute atomic E-state index is 0.0691. The van der Waals surface area contributed by atoms with Crippen molar-refractivity contribution in [3.8, 4) is 0 Å². The van der Waals surface area contributed by atoms with Gasteiger partial charge in [0, 0.05) is 37.5 Å². The van der Waals surface area contributed by atoms with Gasteiger partial charge in [-0.3, -0.25) is 4.79 Å². The molecule has 1 heterocycles. The number of amides is 1. The SMILES string of the molecule is CNC(=O)c1cccc(Cn2ccnc2[C@H](C)c2ccccc2)c1. The van der Waals surface area contributed by atoms with Crippen molar-refractivity contribution in [2.24, 2.45) is 0 Å². The monoisotopic (exact) mass is 319 g/mol. The maximum atomic E-state index is 11.8. The van der Waals surface area contributed by atoms with Crippen molar-refractivity contribution >= 4 is 5.91 Å². The first kappa shape index (κ1) is 16.0. The molecule has 0 fully saturated rings. The molecule has 0 bridgehead atoms. The van der Waals surface area contributed by atoms with E-state index in [2.05, 4.69) is 33.9 Å². The summed E-state index contributed by atoms with van der Waals surface area (Å²) in [6.07, 6.45) is 3.82. The molecule has 1 atom stereocenters. The molecule has 0 spiro atoms. The Morgan fingerprint density at radius 3 is 2.71 bits per heavy atom. The van der Waals surface area contributed by atoms with Crippen LogP contribution in [0.2, 0.25) is 0 Å². The van der Waals surface area contributed by atoms with E-state index in [0.29, 0.717) is 12.1 Å². The third-order valence-corrected chi connectivity index (χ3v) is 4.20. The predicted octanol–water partition coefficient (Wildman–Crippen LogP) is 3.44. The molecule has 0 radical (unpaired) electrons. The number of imidazole rings is 1. The van der Waals surface area contributed by atoms with Gasteiger partial charge in [-0.15, -0.1) is 0 Å². The van der Waals surface area contributed by atoms with Crippen LogP contribution in [0.25, 0.3) is 0 Å². The van der Waals surface area contributed by atoms with Crippen LogP contribution in [-0.4, -0.2) is 22.5 Å². The van der Waals surface area contributed by atoms with Crippen LogP contribution in [0, 0.1) is 0 Å². The van der Waals surface area contributed by atoms with Gasteiger partial charge in [-0.1, -0.05) is 49.4 Å². The second-order valence-electron chi connectivity index (χ2n) is 5.83.